The molecule has 0 fully saturated rings. The summed E-state index contributed by atoms with van der Waals surface area (Å²) in [5.41, 5.74) is 8.24. The van der Waals surface area contributed by atoms with Crippen molar-refractivity contribution in [2.75, 3.05) is 20.3 Å². The number of allylic oxidation sites excluding steroid dienone is 1. The first-order valence-electron chi connectivity index (χ1n) is 12.0. The minimum absolute atomic E-state index is 0.0166. The number of esters is 1. The molecule has 0 aliphatic carbocycles. The molecule has 0 amide bonds. The number of hydrogen-bond donors (Lipinski definition) is 1. The van der Waals surface area contributed by atoms with Crippen molar-refractivity contribution in [1.82, 2.24) is 0 Å². The molecule has 3 aromatic carbocycles. The minimum atomic E-state index is -0.535. The summed E-state index contributed by atoms with van der Waals surface area (Å²) >= 11 is 0. The van der Waals surface area contributed by atoms with Gasteiger partial charge in [0.25, 0.3) is 0 Å². The van der Waals surface area contributed by atoms with Crippen molar-refractivity contribution >= 4 is 5.97 Å². The molecule has 1 aliphatic rings. The lowest BCUT2D eigenvalue weighted by molar-refractivity contribution is 0.0734. The maximum Gasteiger partial charge on any atom is 0.343 e. The lowest BCUT2D eigenvalue weighted by Crippen LogP contribution is -2.21. The van der Waals surface area contributed by atoms with Gasteiger partial charge in [0.15, 0.2) is 11.5 Å². The molecule has 190 valence electrons. The van der Waals surface area contributed by atoms with E-state index in [4.69, 9.17) is 29.4 Å². The Balaban J connectivity index is 1.64. The van der Waals surface area contributed by atoms with Crippen LogP contribution in [0.5, 0.6) is 28.7 Å². The van der Waals surface area contributed by atoms with Gasteiger partial charge in [-0.05, 0) is 55.3 Å². The molecular formula is C29H28N2O6. The molecule has 3 aromatic rings. The molecule has 2 N–H and O–H groups in total. The van der Waals surface area contributed by atoms with Crippen molar-refractivity contribution < 1.29 is 28.5 Å². The smallest absolute Gasteiger partial charge is 0.343 e. The number of benzene rings is 3. The predicted molar refractivity (Wildman–Crippen MR) is 137 cm³/mol. The molecular weight excluding hydrogens is 472 g/mol. The van der Waals surface area contributed by atoms with Gasteiger partial charge in [-0.25, -0.2) is 4.79 Å². The molecule has 0 spiro atoms. The third-order valence-corrected chi connectivity index (χ3v) is 5.76. The maximum absolute atomic E-state index is 12.8. The summed E-state index contributed by atoms with van der Waals surface area (Å²) in [6.07, 6.45) is 0.860. The molecule has 8 nitrogen and oxygen atoms in total. The molecule has 0 saturated heterocycles. The number of ether oxygens (including phenoxy) is 5. The fourth-order valence-corrected chi connectivity index (χ4v) is 4.08. The lowest BCUT2D eigenvalue weighted by atomic mass is 9.83. The van der Waals surface area contributed by atoms with Crippen molar-refractivity contribution in [3.05, 3.63) is 88.8 Å². The van der Waals surface area contributed by atoms with Crippen LogP contribution in [-0.2, 0) is 0 Å². The van der Waals surface area contributed by atoms with Gasteiger partial charge in [0.2, 0.25) is 5.88 Å². The topological polar surface area (TPSA) is 113 Å². The van der Waals surface area contributed by atoms with E-state index in [2.05, 4.69) is 6.07 Å². The van der Waals surface area contributed by atoms with Crippen LogP contribution in [-0.4, -0.2) is 26.3 Å². The number of nitrogens with zero attached hydrogens (tertiary/aromatic N) is 1. The van der Waals surface area contributed by atoms with Gasteiger partial charge in [-0.1, -0.05) is 25.1 Å². The Bertz CT molecular complexity index is 1380. The largest absolute Gasteiger partial charge is 0.494 e. The van der Waals surface area contributed by atoms with Crippen LogP contribution >= 0.6 is 0 Å². The van der Waals surface area contributed by atoms with Gasteiger partial charge in [-0.3, -0.25) is 0 Å². The molecule has 1 heterocycles. The van der Waals surface area contributed by atoms with Crippen LogP contribution in [0.1, 0.15) is 47.7 Å². The van der Waals surface area contributed by atoms with E-state index < -0.39 is 11.9 Å². The number of hydrogen-bond acceptors (Lipinski definition) is 8. The molecule has 0 bridgehead atoms. The summed E-state index contributed by atoms with van der Waals surface area (Å²) in [7, 11) is 1.56. The van der Waals surface area contributed by atoms with Gasteiger partial charge in [0, 0.05) is 11.6 Å². The van der Waals surface area contributed by atoms with Gasteiger partial charge >= 0.3 is 5.97 Å². The molecule has 1 aliphatic heterocycles. The minimum Gasteiger partial charge on any atom is -0.494 e. The van der Waals surface area contributed by atoms with Crippen LogP contribution < -0.4 is 29.4 Å². The number of methoxy groups -OCH3 is 1. The number of nitrogens with two attached hydrogens (primary N) is 1. The molecule has 37 heavy (non-hydrogen) atoms. The standard InChI is InChI=1S/C29H28N2O6/c1-4-13-35-20-8-6-7-19(14-20)29(32)36-21-10-11-22-25(16-21)37-28(31)23(17-30)27(22)18-9-12-24(34-5-2)26(15-18)33-3/h6-12,14-16,27H,4-5,13,31H2,1-3H3. The molecule has 8 heteroatoms. The number of rotatable bonds is 9. The Kier molecular flexibility index (Phi) is 7.84. The van der Waals surface area contributed by atoms with Crippen molar-refractivity contribution in [3.8, 4) is 34.8 Å². The van der Waals surface area contributed by atoms with Crippen molar-refractivity contribution in [3.63, 3.8) is 0 Å². The van der Waals surface area contributed by atoms with Crippen LogP contribution in [0.15, 0.2) is 72.1 Å². The van der Waals surface area contributed by atoms with E-state index in [1.54, 1.807) is 55.6 Å². The fraction of sp³-hybridized carbons (Fsp3) is 0.241. The third kappa shape index (κ3) is 5.46. The molecule has 4 rings (SSSR count). The highest BCUT2D eigenvalue weighted by molar-refractivity contribution is 5.91. The fourth-order valence-electron chi connectivity index (χ4n) is 4.08. The molecule has 1 atom stereocenters. The van der Waals surface area contributed by atoms with Crippen LogP contribution in [0.3, 0.4) is 0 Å². The van der Waals surface area contributed by atoms with Crippen molar-refractivity contribution in [1.29, 1.82) is 5.26 Å². The summed E-state index contributed by atoms with van der Waals surface area (Å²) in [6.45, 7) is 4.95. The zero-order valence-electron chi connectivity index (χ0n) is 20.9. The van der Waals surface area contributed by atoms with Gasteiger partial charge in [-0.15, -0.1) is 0 Å². The van der Waals surface area contributed by atoms with Crippen LogP contribution in [0.4, 0.5) is 0 Å². The number of carbonyl (C=O) groups is 1. The summed E-state index contributed by atoms with van der Waals surface area (Å²) in [5.74, 6) is 1.35. The number of fused-ring (bicyclic) bond motifs is 1. The van der Waals surface area contributed by atoms with E-state index in [0.717, 1.165) is 12.0 Å². The van der Waals surface area contributed by atoms with Crippen LogP contribution in [0.25, 0.3) is 0 Å². The summed E-state index contributed by atoms with van der Waals surface area (Å²) in [5, 5.41) is 9.86. The molecule has 0 radical (unpaired) electrons. The average molecular weight is 501 g/mol. The summed E-state index contributed by atoms with van der Waals surface area (Å²) < 4.78 is 28.1. The molecule has 1 unspecified atom stereocenters. The monoisotopic (exact) mass is 500 g/mol. The Labute approximate surface area is 215 Å². The van der Waals surface area contributed by atoms with Gasteiger partial charge in [0.05, 0.1) is 31.8 Å². The van der Waals surface area contributed by atoms with E-state index in [-0.39, 0.29) is 17.2 Å². The zero-order valence-corrected chi connectivity index (χ0v) is 20.9. The summed E-state index contributed by atoms with van der Waals surface area (Å²) in [6, 6.07) is 19.5. The van der Waals surface area contributed by atoms with Crippen LogP contribution in [0.2, 0.25) is 0 Å². The Hall–Kier alpha value is -4.64. The Morgan fingerprint density at radius 2 is 1.86 bits per heavy atom. The van der Waals surface area contributed by atoms with E-state index in [1.165, 1.54) is 0 Å². The van der Waals surface area contributed by atoms with E-state index in [1.807, 2.05) is 26.0 Å². The quantitative estimate of drug-likeness (QED) is 0.310. The SMILES string of the molecule is CCCOc1cccc(C(=O)Oc2ccc3c(c2)OC(N)=C(C#N)C3c2ccc(OCC)c(OC)c2)c1. The van der Waals surface area contributed by atoms with Gasteiger partial charge < -0.3 is 29.4 Å². The zero-order chi connectivity index (χ0) is 26.4. The first kappa shape index (κ1) is 25.5. The molecule has 0 aromatic heterocycles. The maximum atomic E-state index is 12.8. The lowest BCUT2D eigenvalue weighted by Gasteiger charge is -2.27. The Morgan fingerprint density at radius 1 is 1.03 bits per heavy atom. The van der Waals surface area contributed by atoms with Gasteiger partial charge in [-0.2, -0.15) is 5.26 Å². The van der Waals surface area contributed by atoms with Crippen LogP contribution in [0, 0.1) is 11.3 Å². The second kappa shape index (κ2) is 11.4. The normalized spacial score (nSPS) is 14.2. The van der Waals surface area contributed by atoms with Gasteiger partial charge in [0.1, 0.15) is 28.9 Å². The van der Waals surface area contributed by atoms with E-state index in [0.29, 0.717) is 47.3 Å². The highest BCUT2D eigenvalue weighted by Gasteiger charge is 2.31. The second-order valence-electron chi connectivity index (χ2n) is 8.23. The van der Waals surface area contributed by atoms with Crippen molar-refractivity contribution in [2.45, 2.75) is 26.2 Å². The molecule has 0 saturated carbocycles. The Morgan fingerprint density at radius 3 is 2.59 bits per heavy atom. The third-order valence-electron chi connectivity index (χ3n) is 5.76. The first-order valence-corrected chi connectivity index (χ1v) is 12.0. The predicted octanol–water partition coefficient (Wildman–Crippen LogP) is 5.32. The average Bonchev–Trinajstić information content (AvgIpc) is 2.91. The summed E-state index contributed by atoms with van der Waals surface area (Å²) in [4.78, 5) is 12.8. The van der Waals surface area contributed by atoms with E-state index >= 15 is 0 Å². The highest BCUT2D eigenvalue weighted by atomic mass is 16.5. The second-order valence-corrected chi connectivity index (χ2v) is 8.23. The first-order chi connectivity index (χ1) is 18.0. The highest BCUT2D eigenvalue weighted by Crippen LogP contribution is 2.45. The van der Waals surface area contributed by atoms with Crippen molar-refractivity contribution in [2.24, 2.45) is 5.73 Å². The van der Waals surface area contributed by atoms with E-state index in [9.17, 15) is 10.1 Å². The number of nitriles is 1. The number of carbonyl (C=O) groups excluding carboxylic acids is 1.